The zero-order valence-electron chi connectivity index (χ0n) is 8.71. The molecule has 0 radical (unpaired) electrons. The highest BCUT2D eigenvalue weighted by Crippen LogP contribution is 2.29. The lowest BCUT2D eigenvalue weighted by atomic mass is 10.1. The quantitative estimate of drug-likeness (QED) is 0.926. The second kappa shape index (κ2) is 5.04. The van der Waals surface area contributed by atoms with Crippen LogP contribution in [0.15, 0.2) is 45.5 Å². The van der Waals surface area contributed by atoms with Crippen LogP contribution in [0, 0.1) is 0 Å². The van der Waals surface area contributed by atoms with Gasteiger partial charge in [0.1, 0.15) is 5.76 Å². The fourth-order valence-corrected chi connectivity index (χ4v) is 2.06. The Labute approximate surface area is 108 Å². The molecule has 1 aromatic heterocycles. The Morgan fingerprint density at radius 2 is 2.19 bits per heavy atom. The molecule has 2 rings (SSSR count). The largest absolute Gasteiger partial charge is 0.467 e. The predicted molar refractivity (Wildman–Crippen MR) is 68.8 cm³/mol. The summed E-state index contributed by atoms with van der Waals surface area (Å²) in [7, 11) is 1.89. The summed E-state index contributed by atoms with van der Waals surface area (Å²) in [6, 6.07) is 9.72. The molecule has 2 nitrogen and oxygen atoms in total. The average Bonchev–Trinajstić information content (AvgIpc) is 2.78. The highest BCUT2D eigenvalue weighted by molar-refractivity contribution is 9.10. The van der Waals surface area contributed by atoms with Crippen molar-refractivity contribution < 1.29 is 4.42 Å². The van der Waals surface area contributed by atoms with Crippen LogP contribution in [0.3, 0.4) is 0 Å². The van der Waals surface area contributed by atoms with Gasteiger partial charge in [-0.1, -0.05) is 17.7 Å². The maximum absolute atomic E-state index is 6.07. The maximum atomic E-state index is 6.07. The van der Waals surface area contributed by atoms with Gasteiger partial charge in [0.25, 0.3) is 0 Å². The summed E-state index contributed by atoms with van der Waals surface area (Å²) in [5.41, 5.74) is 1.07. The number of rotatable bonds is 3. The van der Waals surface area contributed by atoms with E-state index in [9.17, 15) is 0 Å². The normalized spacial score (nSPS) is 12.7. The summed E-state index contributed by atoms with van der Waals surface area (Å²) in [6.45, 7) is 0. The van der Waals surface area contributed by atoms with Crippen LogP contribution < -0.4 is 5.32 Å². The highest BCUT2D eigenvalue weighted by Gasteiger charge is 2.15. The molecule has 0 saturated heterocycles. The first-order valence-corrected chi connectivity index (χ1v) is 6.05. The third kappa shape index (κ3) is 2.32. The lowest BCUT2D eigenvalue weighted by Gasteiger charge is -2.14. The van der Waals surface area contributed by atoms with E-state index in [1.54, 1.807) is 6.26 Å². The van der Waals surface area contributed by atoms with E-state index < -0.39 is 0 Å². The molecule has 1 atom stereocenters. The number of hydrogen-bond donors (Lipinski definition) is 1. The minimum atomic E-state index is 0.0283. The Bertz CT molecular complexity index is 470. The van der Waals surface area contributed by atoms with Crippen LogP contribution in [0.2, 0.25) is 5.02 Å². The van der Waals surface area contributed by atoms with Gasteiger partial charge in [0.05, 0.1) is 17.3 Å². The molecular weight excluding hydrogens is 289 g/mol. The molecule has 1 N–H and O–H groups in total. The number of nitrogens with one attached hydrogen (secondary N) is 1. The summed E-state index contributed by atoms with van der Waals surface area (Å²) in [6.07, 6.45) is 1.67. The van der Waals surface area contributed by atoms with Crippen LogP contribution in [0.1, 0.15) is 17.4 Å². The first-order chi connectivity index (χ1) is 7.72. The van der Waals surface area contributed by atoms with E-state index in [1.807, 2.05) is 37.4 Å². The zero-order chi connectivity index (χ0) is 11.5. The van der Waals surface area contributed by atoms with Crippen LogP contribution in [0.5, 0.6) is 0 Å². The SMILES string of the molecule is CNC(c1ccc(Br)c(Cl)c1)c1ccco1. The van der Waals surface area contributed by atoms with Crippen LogP contribution >= 0.6 is 27.5 Å². The van der Waals surface area contributed by atoms with E-state index >= 15 is 0 Å². The monoisotopic (exact) mass is 299 g/mol. The molecule has 1 unspecified atom stereocenters. The van der Waals surface area contributed by atoms with E-state index in [-0.39, 0.29) is 6.04 Å². The van der Waals surface area contributed by atoms with Crippen molar-refractivity contribution in [2.45, 2.75) is 6.04 Å². The summed E-state index contributed by atoms with van der Waals surface area (Å²) in [5.74, 6) is 0.876. The summed E-state index contributed by atoms with van der Waals surface area (Å²) >= 11 is 9.44. The lowest BCUT2D eigenvalue weighted by Crippen LogP contribution is -2.16. The third-order valence-corrected chi connectivity index (χ3v) is 3.63. The molecule has 0 bridgehead atoms. The van der Waals surface area contributed by atoms with Gasteiger partial charge in [0, 0.05) is 4.47 Å². The molecule has 4 heteroatoms. The van der Waals surface area contributed by atoms with E-state index in [0.29, 0.717) is 5.02 Å². The van der Waals surface area contributed by atoms with Crippen molar-refractivity contribution >= 4 is 27.5 Å². The second-order valence-corrected chi connectivity index (χ2v) is 4.67. The summed E-state index contributed by atoms with van der Waals surface area (Å²) in [5, 5.41) is 3.90. The molecule has 0 aliphatic heterocycles. The minimum Gasteiger partial charge on any atom is -0.467 e. The third-order valence-electron chi connectivity index (χ3n) is 2.39. The van der Waals surface area contributed by atoms with Crippen molar-refractivity contribution in [3.05, 3.63) is 57.4 Å². The molecule has 84 valence electrons. The standard InChI is InChI=1S/C12H11BrClNO/c1-15-12(11-3-2-6-16-11)8-4-5-9(13)10(14)7-8/h2-7,12,15H,1H3. The predicted octanol–water partition coefficient (Wildman–Crippen LogP) is 4.00. The van der Waals surface area contributed by atoms with Crippen molar-refractivity contribution in [2.75, 3.05) is 7.05 Å². The molecule has 0 saturated carbocycles. The Kier molecular flexibility index (Phi) is 3.69. The van der Waals surface area contributed by atoms with Gasteiger partial charge in [-0.05, 0) is 52.8 Å². The highest BCUT2D eigenvalue weighted by atomic mass is 79.9. The Balaban J connectivity index is 2.37. The van der Waals surface area contributed by atoms with Crippen LogP contribution in [-0.4, -0.2) is 7.05 Å². The first kappa shape index (κ1) is 11.7. The smallest absolute Gasteiger partial charge is 0.125 e. The summed E-state index contributed by atoms with van der Waals surface area (Å²) < 4.78 is 6.29. The number of halogens is 2. The molecule has 0 spiro atoms. The summed E-state index contributed by atoms with van der Waals surface area (Å²) in [4.78, 5) is 0. The van der Waals surface area contributed by atoms with Crippen LogP contribution in [-0.2, 0) is 0 Å². The molecule has 1 heterocycles. The molecule has 0 aliphatic carbocycles. The fourth-order valence-electron chi connectivity index (χ4n) is 1.62. The van der Waals surface area contributed by atoms with Crippen molar-refractivity contribution in [3.63, 3.8) is 0 Å². The van der Waals surface area contributed by atoms with Gasteiger partial charge in [-0.25, -0.2) is 0 Å². The van der Waals surface area contributed by atoms with Crippen molar-refractivity contribution in [2.24, 2.45) is 0 Å². The number of benzene rings is 1. The number of hydrogen-bond acceptors (Lipinski definition) is 2. The molecule has 0 amide bonds. The second-order valence-electron chi connectivity index (χ2n) is 3.41. The fraction of sp³-hybridized carbons (Fsp3) is 0.167. The van der Waals surface area contributed by atoms with Gasteiger partial charge in [-0.3, -0.25) is 0 Å². The van der Waals surface area contributed by atoms with Crippen molar-refractivity contribution in [3.8, 4) is 0 Å². The van der Waals surface area contributed by atoms with E-state index in [0.717, 1.165) is 15.8 Å². The molecule has 0 fully saturated rings. The zero-order valence-corrected chi connectivity index (χ0v) is 11.0. The van der Waals surface area contributed by atoms with Crippen molar-refractivity contribution in [1.29, 1.82) is 0 Å². The average molecular weight is 301 g/mol. The topological polar surface area (TPSA) is 25.2 Å². The number of furan rings is 1. The van der Waals surface area contributed by atoms with Crippen molar-refractivity contribution in [1.82, 2.24) is 5.32 Å². The molecule has 2 aromatic rings. The minimum absolute atomic E-state index is 0.0283. The molecule has 1 aromatic carbocycles. The van der Waals surface area contributed by atoms with Gasteiger partial charge >= 0.3 is 0 Å². The molecule has 0 aliphatic rings. The molecule has 16 heavy (non-hydrogen) atoms. The van der Waals surface area contributed by atoms with Gasteiger partial charge in [-0.15, -0.1) is 0 Å². The van der Waals surface area contributed by atoms with E-state index in [4.69, 9.17) is 16.0 Å². The molecular formula is C12H11BrClNO. The van der Waals surface area contributed by atoms with Gasteiger partial charge < -0.3 is 9.73 Å². The van der Waals surface area contributed by atoms with Gasteiger partial charge in [0.15, 0.2) is 0 Å². The van der Waals surface area contributed by atoms with E-state index in [1.165, 1.54) is 0 Å². The first-order valence-electron chi connectivity index (χ1n) is 4.88. The Morgan fingerprint density at radius 3 is 2.75 bits per heavy atom. The van der Waals surface area contributed by atoms with Crippen LogP contribution in [0.25, 0.3) is 0 Å². The lowest BCUT2D eigenvalue weighted by molar-refractivity contribution is 0.463. The van der Waals surface area contributed by atoms with E-state index in [2.05, 4.69) is 21.2 Å². The maximum Gasteiger partial charge on any atom is 0.125 e. The van der Waals surface area contributed by atoms with Gasteiger partial charge in [0.2, 0.25) is 0 Å². The van der Waals surface area contributed by atoms with Gasteiger partial charge in [-0.2, -0.15) is 0 Å². The Morgan fingerprint density at radius 1 is 1.38 bits per heavy atom. The van der Waals surface area contributed by atoms with Crippen LogP contribution in [0.4, 0.5) is 0 Å². The Hall–Kier alpha value is -0.770.